The fourth-order valence-corrected chi connectivity index (χ4v) is 5.74. The van der Waals surface area contributed by atoms with Crippen LogP contribution in [0.15, 0.2) is 15.4 Å². The fraction of sp³-hybridized carbons (Fsp3) is 0.588. The molecule has 0 bridgehead atoms. The third-order valence-corrected chi connectivity index (χ3v) is 7.39. The summed E-state index contributed by atoms with van der Waals surface area (Å²) in [5.41, 5.74) is 4.80. The van der Waals surface area contributed by atoms with Crippen molar-refractivity contribution in [3.8, 4) is 0 Å². The molecule has 2 aliphatic heterocycles. The lowest BCUT2D eigenvalue weighted by atomic mass is 9.92. The summed E-state index contributed by atoms with van der Waals surface area (Å²) in [5.74, 6) is 0.869. The van der Waals surface area contributed by atoms with Gasteiger partial charge in [0.15, 0.2) is 5.78 Å². The molecular weight excluding hydrogens is 356 g/mol. The number of carbonyl (C=O) groups excluding carboxylic acids is 2. The third-order valence-electron chi connectivity index (χ3n) is 4.72. The van der Waals surface area contributed by atoms with Crippen LogP contribution in [0.5, 0.6) is 0 Å². The van der Waals surface area contributed by atoms with Crippen LogP contribution in [0.4, 0.5) is 0 Å². The van der Waals surface area contributed by atoms with E-state index >= 15 is 0 Å². The molecule has 6 nitrogen and oxygen atoms in total. The predicted octanol–water partition coefficient (Wildman–Crippen LogP) is 2.13. The molecule has 0 saturated carbocycles. The van der Waals surface area contributed by atoms with Crippen LogP contribution in [0.1, 0.15) is 42.0 Å². The van der Waals surface area contributed by atoms with E-state index in [0.29, 0.717) is 12.3 Å². The first-order valence-electron chi connectivity index (χ1n) is 8.66. The smallest absolute Gasteiger partial charge is 0.267 e. The number of nitrogens with one attached hydrogen (secondary N) is 2. The first kappa shape index (κ1) is 18.4. The van der Waals surface area contributed by atoms with Gasteiger partial charge in [-0.05, 0) is 26.1 Å². The lowest BCUT2D eigenvalue weighted by Gasteiger charge is -2.25. The Morgan fingerprint density at radius 2 is 2.16 bits per heavy atom. The van der Waals surface area contributed by atoms with E-state index < -0.39 is 0 Å². The molecule has 0 fully saturated rings. The number of thioether (sulfide) groups is 1. The van der Waals surface area contributed by atoms with Gasteiger partial charge in [-0.3, -0.25) is 9.59 Å². The maximum absolute atomic E-state index is 12.5. The lowest BCUT2D eigenvalue weighted by molar-refractivity contribution is -0.115. The first-order chi connectivity index (χ1) is 12.0. The van der Waals surface area contributed by atoms with Crippen LogP contribution in [-0.2, 0) is 4.79 Å². The zero-order valence-corrected chi connectivity index (χ0v) is 16.4. The van der Waals surface area contributed by atoms with E-state index in [2.05, 4.69) is 34.6 Å². The van der Waals surface area contributed by atoms with E-state index in [1.807, 2.05) is 6.07 Å². The highest BCUT2D eigenvalue weighted by atomic mass is 32.2. The summed E-state index contributed by atoms with van der Waals surface area (Å²) in [6.07, 6.45) is 0. The number of ketones is 1. The van der Waals surface area contributed by atoms with Gasteiger partial charge in [-0.25, -0.2) is 0 Å². The average Bonchev–Trinajstić information content (AvgIpc) is 3.21. The van der Waals surface area contributed by atoms with Gasteiger partial charge < -0.3 is 15.6 Å². The SMILES string of the molecule is CCN(CC)CCNC(=O)C1=NNC2c3cc(C(C)=O)sc3SCC12. The molecule has 3 rings (SSSR count). The zero-order valence-electron chi connectivity index (χ0n) is 14.8. The van der Waals surface area contributed by atoms with Crippen molar-refractivity contribution < 1.29 is 9.59 Å². The van der Waals surface area contributed by atoms with E-state index in [1.165, 1.54) is 0 Å². The summed E-state index contributed by atoms with van der Waals surface area (Å²) in [5, 5.41) is 7.31. The Labute approximate surface area is 156 Å². The van der Waals surface area contributed by atoms with Crippen molar-refractivity contribution >= 4 is 40.5 Å². The van der Waals surface area contributed by atoms with Gasteiger partial charge in [0, 0.05) is 30.3 Å². The topological polar surface area (TPSA) is 73.8 Å². The second-order valence-electron chi connectivity index (χ2n) is 6.21. The number of hydrogen-bond donors (Lipinski definition) is 2. The molecule has 1 aromatic heterocycles. The second kappa shape index (κ2) is 7.88. The number of nitrogens with zero attached hydrogens (tertiary/aromatic N) is 2. The molecule has 3 heterocycles. The van der Waals surface area contributed by atoms with Gasteiger partial charge in [0.05, 0.1) is 15.1 Å². The third kappa shape index (κ3) is 3.75. The van der Waals surface area contributed by atoms with E-state index in [4.69, 9.17) is 0 Å². The number of Topliss-reactive ketones (excluding diaryl/α,β-unsaturated/α-hetero) is 1. The summed E-state index contributed by atoms with van der Waals surface area (Å²) in [7, 11) is 0. The van der Waals surface area contributed by atoms with Crippen molar-refractivity contribution in [2.75, 3.05) is 31.9 Å². The molecule has 0 spiro atoms. The van der Waals surface area contributed by atoms with Gasteiger partial charge in [0.25, 0.3) is 5.91 Å². The molecule has 136 valence electrons. The second-order valence-corrected chi connectivity index (χ2v) is 8.55. The molecule has 1 amide bonds. The van der Waals surface area contributed by atoms with E-state index in [9.17, 15) is 9.59 Å². The monoisotopic (exact) mass is 380 g/mol. The minimum absolute atomic E-state index is 0.00383. The van der Waals surface area contributed by atoms with Crippen LogP contribution >= 0.6 is 23.1 Å². The molecule has 0 saturated heterocycles. The summed E-state index contributed by atoms with van der Waals surface area (Å²) in [4.78, 5) is 27.2. The first-order valence-corrected chi connectivity index (χ1v) is 10.5. The quantitative estimate of drug-likeness (QED) is 0.709. The summed E-state index contributed by atoms with van der Waals surface area (Å²) in [6, 6.07) is 1.96. The molecule has 25 heavy (non-hydrogen) atoms. The van der Waals surface area contributed by atoms with Gasteiger partial charge in [-0.15, -0.1) is 23.1 Å². The van der Waals surface area contributed by atoms with Crippen LogP contribution in [0.3, 0.4) is 0 Å². The minimum Gasteiger partial charge on any atom is -0.350 e. The molecule has 0 aliphatic carbocycles. The van der Waals surface area contributed by atoms with Crippen LogP contribution in [-0.4, -0.2) is 54.2 Å². The number of hydrogen-bond acceptors (Lipinski definition) is 7. The molecule has 2 atom stereocenters. The normalized spacial score (nSPS) is 21.4. The Hall–Kier alpha value is -1.38. The maximum atomic E-state index is 12.5. The Bertz CT molecular complexity index is 697. The Balaban J connectivity index is 1.63. The van der Waals surface area contributed by atoms with Crippen LogP contribution in [0, 0.1) is 5.92 Å². The lowest BCUT2D eigenvalue weighted by Crippen LogP contribution is -2.41. The van der Waals surface area contributed by atoms with E-state index in [-0.39, 0.29) is 23.7 Å². The highest BCUT2D eigenvalue weighted by molar-refractivity contribution is 8.01. The molecular formula is C17H24N4O2S2. The van der Waals surface area contributed by atoms with Crippen molar-refractivity contribution in [3.63, 3.8) is 0 Å². The van der Waals surface area contributed by atoms with Gasteiger partial charge in [-0.1, -0.05) is 13.8 Å². The molecule has 0 aromatic carbocycles. The van der Waals surface area contributed by atoms with Crippen molar-refractivity contribution in [1.82, 2.24) is 15.6 Å². The highest BCUT2D eigenvalue weighted by Gasteiger charge is 2.41. The predicted molar refractivity (Wildman–Crippen MR) is 103 cm³/mol. The number of amides is 1. The van der Waals surface area contributed by atoms with Crippen LogP contribution in [0.25, 0.3) is 0 Å². The van der Waals surface area contributed by atoms with Gasteiger partial charge in [0.1, 0.15) is 5.71 Å². The molecule has 2 N–H and O–H groups in total. The van der Waals surface area contributed by atoms with Crippen molar-refractivity contribution in [2.45, 2.75) is 31.0 Å². The Kier molecular flexibility index (Phi) is 5.81. The van der Waals surface area contributed by atoms with Crippen molar-refractivity contribution in [2.24, 2.45) is 11.0 Å². The van der Waals surface area contributed by atoms with Crippen LogP contribution < -0.4 is 10.7 Å². The zero-order chi connectivity index (χ0) is 18.0. The van der Waals surface area contributed by atoms with Gasteiger partial charge >= 0.3 is 0 Å². The van der Waals surface area contributed by atoms with Crippen LogP contribution in [0.2, 0.25) is 0 Å². The highest BCUT2D eigenvalue weighted by Crippen LogP contribution is 2.46. The Morgan fingerprint density at radius 3 is 2.84 bits per heavy atom. The number of rotatable bonds is 7. The molecule has 2 unspecified atom stereocenters. The molecule has 2 aliphatic rings. The Morgan fingerprint density at radius 1 is 1.40 bits per heavy atom. The van der Waals surface area contributed by atoms with E-state index in [0.717, 1.165) is 40.0 Å². The van der Waals surface area contributed by atoms with E-state index in [1.54, 1.807) is 30.0 Å². The summed E-state index contributed by atoms with van der Waals surface area (Å²) < 4.78 is 1.16. The number of carbonyl (C=O) groups is 2. The molecule has 8 heteroatoms. The summed E-state index contributed by atoms with van der Waals surface area (Å²) >= 11 is 3.26. The number of fused-ring (bicyclic) bond motifs is 3. The van der Waals surface area contributed by atoms with Gasteiger partial charge in [0.2, 0.25) is 0 Å². The van der Waals surface area contributed by atoms with Gasteiger partial charge in [-0.2, -0.15) is 5.10 Å². The minimum atomic E-state index is -0.0850. The fourth-order valence-electron chi connectivity index (χ4n) is 3.17. The molecule has 1 aromatic rings. The summed E-state index contributed by atoms with van der Waals surface area (Å²) in [6.45, 7) is 9.26. The average molecular weight is 381 g/mol. The largest absolute Gasteiger partial charge is 0.350 e. The standard InChI is InChI=1S/C17H24N4O2S2/c1-4-21(5-2)7-6-18-16(23)15-12-9-24-17-11(14(12)19-20-15)8-13(25-17)10(3)22/h8,12,14,19H,4-7,9H2,1-3H3,(H,18,23). The van der Waals surface area contributed by atoms with Crippen molar-refractivity contribution in [1.29, 1.82) is 0 Å². The maximum Gasteiger partial charge on any atom is 0.267 e. The number of thiophene rings is 1. The number of hydrazone groups is 1. The van der Waals surface area contributed by atoms with Crippen molar-refractivity contribution in [3.05, 3.63) is 16.5 Å². The number of likely N-dealkylation sites (N-methyl/N-ethyl adjacent to an activating group) is 1. The molecule has 0 radical (unpaired) electrons.